The first-order chi connectivity index (χ1) is 8.99. The highest BCUT2D eigenvalue weighted by Crippen LogP contribution is 2.28. The minimum absolute atomic E-state index is 0.178. The highest BCUT2D eigenvalue weighted by atomic mass is 32.2. The summed E-state index contributed by atoms with van der Waals surface area (Å²) >= 11 is 0. The SMILES string of the molecule is CCC(NCCS(C)(=O)=O)c1ccc2c(c1)CCO2. The molecule has 0 aromatic heterocycles. The molecule has 1 aliphatic rings. The average Bonchev–Trinajstić information content (AvgIpc) is 2.80. The average molecular weight is 283 g/mol. The molecular formula is C14H21NO3S. The first kappa shape index (κ1) is 14.3. The monoisotopic (exact) mass is 283 g/mol. The van der Waals surface area contributed by atoms with E-state index in [1.807, 2.05) is 6.07 Å². The van der Waals surface area contributed by atoms with E-state index < -0.39 is 9.84 Å². The van der Waals surface area contributed by atoms with Crippen LogP contribution in [0.3, 0.4) is 0 Å². The van der Waals surface area contributed by atoms with Gasteiger partial charge in [-0.15, -0.1) is 0 Å². The van der Waals surface area contributed by atoms with Gasteiger partial charge in [-0.3, -0.25) is 0 Å². The van der Waals surface area contributed by atoms with Crippen LogP contribution in [0.1, 0.15) is 30.5 Å². The van der Waals surface area contributed by atoms with Crippen molar-refractivity contribution in [3.05, 3.63) is 29.3 Å². The van der Waals surface area contributed by atoms with Crippen molar-refractivity contribution in [3.8, 4) is 5.75 Å². The predicted molar refractivity (Wildman–Crippen MR) is 76.4 cm³/mol. The van der Waals surface area contributed by atoms with Crippen molar-refractivity contribution in [2.45, 2.75) is 25.8 Å². The number of benzene rings is 1. The summed E-state index contributed by atoms with van der Waals surface area (Å²) in [6, 6.07) is 6.45. The van der Waals surface area contributed by atoms with E-state index in [4.69, 9.17) is 4.74 Å². The smallest absolute Gasteiger partial charge is 0.148 e. The van der Waals surface area contributed by atoms with Gasteiger partial charge in [0, 0.05) is 25.3 Å². The first-order valence-electron chi connectivity index (χ1n) is 6.66. The molecule has 0 bridgehead atoms. The van der Waals surface area contributed by atoms with Crippen LogP contribution in [0.25, 0.3) is 0 Å². The third kappa shape index (κ3) is 3.94. The van der Waals surface area contributed by atoms with Crippen molar-refractivity contribution in [1.29, 1.82) is 0 Å². The number of ether oxygens (including phenoxy) is 1. The Morgan fingerprint density at radius 3 is 2.89 bits per heavy atom. The highest BCUT2D eigenvalue weighted by Gasteiger charge is 2.16. The molecule has 1 aliphatic heterocycles. The molecule has 1 aromatic rings. The van der Waals surface area contributed by atoms with Crippen molar-refractivity contribution in [1.82, 2.24) is 5.32 Å². The van der Waals surface area contributed by atoms with Gasteiger partial charge in [0.1, 0.15) is 15.6 Å². The number of fused-ring (bicyclic) bond motifs is 1. The second-order valence-corrected chi connectivity index (χ2v) is 7.27. The van der Waals surface area contributed by atoms with Crippen LogP contribution in [0.4, 0.5) is 0 Å². The fraction of sp³-hybridized carbons (Fsp3) is 0.571. The van der Waals surface area contributed by atoms with Crippen LogP contribution in [-0.2, 0) is 16.3 Å². The molecule has 1 aromatic carbocycles. The third-order valence-corrected chi connectivity index (χ3v) is 4.33. The zero-order valence-corrected chi connectivity index (χ0v) is 12.3. The van der Waals surface area contributed by atoms with Crippen molar-refractivity contribution < 1.29 is 13.2 Å². The normalized spacial score (nSPS) is 15.9. The largest absolute Gasteiger partial charge is 0.493 e. The van der Waals surface area contributed by atoms with Crippen LogP contribution < -0.4 is 10.1 Å². The summed E-state index contributed by atoms with van der Waals surface area (Å²) in [5.41, 5.74) is 2.46. The molecule has 1 unspecified atom stereocenters. The standard InChI is InChI=1S/C14H21NO3S/c1-3-13(15-7-9-19(2,16)17)11-4-5-14-12(10-11)6-8-18-14/h4-5,10,13,15H,3,6-9H2,1-2H3. The van der Waals surface area contributed by atoms with Crippen molar-refractivity contribution in [2.24, 2.45) is 0 Å². The molecule has 2 rings (SSSR count). The Hall–Kier alpha value is -1.07. The third-order valence-electron chi connectivity index (χ3n) is 3.39. The molecule has 19 heavy (non-hydrogen) atoms. The van der Waals surface area contributed by atoms with E-state index in [1.165, 1.54) is 17.4 Å². The maximum absolute atomic E-state index is 11.1. The lowest BCUT2D eigenvalue weighted by Gasteiger charge is -2.18. The van der Waals surface area contributed by atoms with Gasteiger partial charge in [-0.25, -0.2) is 8.42 Å². The number of hydrogen-bond donors (Lipinski definition) is 1. The van der Waals surface area contributed by atoms with E-state index in [0.29, 0.717) is 6.54 Å². The van der Waals surface area contributed by atoms with Crippen molar-refractivity contribution >= 4 is 9.84 Å². The second kappa shape index (κ2) is 5.92. The number of sulfone groups is 1. The van der Waals surface area contributed by atoms with Crippen LogP contribution in [-0.4, -0.2) is 33.6 Å². The molecule has 0 spiro atoms. The summed E-state index contributed by atoms with van der Waals surface area (Å²) in [4.78, 5) is 0. The summed E-state index contributed by atoms with van der Waals surface area (Å²) in [7, 11) is -2.90. The minimum atomic E-state index is -2.90. The lowest BCUT2D eigenvalue weighted by Crippen LogP contribution is -2.26. The molecule has 1 heterocycles. The fourth-order valence-corrected chi connectivity index (χ4v) is 2.83. The molecule has 5 heteroatoms. The lowest BCUT2D eigenvalue weighted by molar-refractivity contribution is 0.356. The zero-order chi connectivity index (χ0) is 13.9. The zero-order valence-electron chi connectivity index (χ0n) is 11.5. The Morgan fingerprint density at radius 2 is 2.21 bits per heavy atom. The molecule has 0 saturated heterocycles. The molecule has 4 nitrogen and oxygen atoms in total. The Labute approximate surface area is 115 Å². The summed E-state index contributed by atoms with van der Waals surface area (Å²) in [6.07, 6.45) is 3.16. The molecular weight excluding hydrogens is 262 g/mol. The van der Waals surface area contributed by atoms with Gasteiger partial charge in [0.2, 0.25) is 0 Å². The van der Waals surface area contributed by atoms with Crippen LogP contribution in [0.2, 0.25) is 0 Å². The molecule has 1 N–H and O–H groups in total. The summed E-state index contributed by atoms with van der Waals surface area (Å²) < 4.78 is 27.8. The van der Waals surface area contributed by atoms with Crippen LogP contribution in [0.15, 0.2) is 18.2 Å². The molecule has 0 aliphatic carbocycles. The Bertz CT molecular complexity index is 540. The van der Waals surface area contributed by atoms with Crippen LogP contribution in [0.5, 0.6) is 5.75 Å². The van der Waals surface area contributed by atoms with E-state index in [-0.39, 0.29) is 11.8 Å². The number of hydrogen-bond acceptors (Lipinski definition) is 4. The molecule has 0 radical (unpaired) electrons. The second-order valence-electron chi connectivity index (χ2n) is 5.01. The summed E-state index contributed by atoms with van der Waals surface area (Å²) in [6.45, 7) is 3.35. The van der Waals surface area contributed by atoms with Gasteiger partial charge in [0.25, 0.3) is 0 Å². The Balaban J connectivity index is 2.01. The molecule has 1 atom stereocenters. The highest BCUT2D eigenvalue weighted by molar-refractivity contribution is 7.90. The van der Waals surface area contributed by atoms with E-state index in [9.17, 15) is 8.42 Å². The maximum atomic E-state index is 11.1. The van der Waals surface area contributed by atoms with Crippen LogP contribution in [0, 0.1) is 0 Å². The van der Waals surface area contributed by atoms with Gasteiger partial charge in [0.05, 0.1) is 12.4 Å². The number of rotatable bonds is 6. The van der Waals surface area contributed by atoms with Crippen molar-refractivity contribution in [3.63, 3.8) is 0 Å². The van der Waals surface area contributed by atoms with Crippen LogP contribution >= 0.6 is 0 Å². The maximum Gasteiger partial charge on any atom is 0.148 e. The first-order valence-corrected chi connectivity index (χ1v) is 8.72. The molecule has 106 valence electrons. The van der Waals surface area contributed by atoms with Gasteiger partial charge in [-0.1, -0.05) is 19.1 Å². The topological polar surface area (TPSA) is 55.4 Å². The lowest BCUT2D eigenvalue weighted by atomic mass is 10.0. The van der Waals surface area contributed by atoms with Gasteiger partial charge in [-0.2, -0.15) is 0 Å². The minimum Gasteiger partial charge on any atom is -0.493 e. The molecule has 0 saturated carbocycles. The van der Waals surface area contributed by atoms with E-state index in [0.717, 1.165) is 25.2 Å². The van der Waals surface area contributed by atoms with Gasteiger partial charge >= 0.3 is 0 Å². The quantitative estimate of drug-likeness (QED) is 0.863. The Morgan fingerprint density at radius 1 is 1.42 bits per heavy atom. The fourth-order valence-electron chi connectivity index (χ4n) is 2.34. The summed E-state index contributed by atoms with van der Waals surface area (Å²) in [5, 5.41) is 3.31. The summed E-state index contributed by atoms with van der Waals surface area (Å²) in [5.74, 6) is 1.16. The van der Waals surface area contributed by atoms with Crippen molar-refractivity contribution in [2.75, 3.05) is 25.2 Å². The molecule has 0 fully saturated rings. The van der Waals surface area contributed by atoms with Gasteiger partial charge in [0.15, 0.2) is 0 Å². The van der Waals surface area contributed by atoms with E-state index in [1.54, 1.807) is 0 Å². The van der Waals surface area contributed by atoms with E-state index in [2.05, 4.69) is 24.4 Å². The van der Waals surface area contributed by atoms with Gasteiger partial charge < -0.3 is 10.1 Å². The predicted octanol–water partition coefficient (Wildman–Crippen LogP) is 1.71. The molecule has 0 amide bonds. The Kier molecular flexibility index (Phi) is 4.47. The van der Waals surface area contributed by atoms with Gasteiger partial charge in [-0.05, 0) is 23.6 Å². The number of nitrogens with one attached hydrogen (secondary N) is 1. The van der Waals surface area contributed by atoms with E-state index >= 15 is 0 Å².